The molecule has 1 saturated heterocycles. The van der Waals surface area contributed by atoms with Crippen molar-refractivity contribution in [2.45, 2.75) is 64.6 Å². The summed E-state index contributed by atoms with van der Waals surface area (Å²) in [7, 11) is 0. The molecule has 0 aromatic heterocycles. The van der Waals surface area contributed by atoms with Gasteiger partial charge in [-0.2, -0.15) is 0 Å². The van der Waals surface area contributed by atoms with Gasteiger partial charge in [0.1, 0.15) is 0 Å². The second kappa shape index (κ2) is 8.12. The normalized spacial score (nSPS) is 26.4. The van der Waals surface area contributed by atoms with Gasteiger partial charge in [0, 0.05) is 5.56 Å². The molecule has 2 aliphatic rings. The Hall–Kier alpha value is -0.860. The molecule has 0 bridgehead atoms. The van der Waals surface area contributed by atoms with E-state index in [9.17, 15) is 0 Å². The van der Waals surface area contributed by atoms with Crippen molar-refractivity contribution in [1.29, 1.82) is 0 Å². The Kier molecular flexibility index (Phi) is 5.91. The van der Waals surface area contributed by atoms with Gasteiger partial charge in [0.2, 0.25) is 0 Å². The van der Waals surface area contributed by atoms with Gasteiger partial charge in [-0.1, -0.05) is 63.3 Å². The third-order valence-electron chi connectivity index (χ3n) is 5.34. The molecule has 1 saturated carbocycles. The van der Waals surface area contributed by atoms with Crippen molar-refractivity contribution in [3.05, 3.63) is 35.4 Å². The molecule has 1 aromatic rings. The first-order valence-corrected chi connectivity index (χ1v) is 9.17. The molecule has 0 radical (unpaired) electrons. The Morgan fingerprint density at radius 1 is 1.00 bits per heavy atom. The lowest BCUT2D eigenvalue weighted by Crippen LogP contribution is -2.16. The molecule has 0 spiro atoms. The predicted octanol–water partition coefficient (Wildman–Crippen LogP) is 5.27. The van der Waals surface area contributed by atoms with Gasteiger partial charge in [-0.05, 0) is 36.7 Å². The molecule has 2 fully saturated rings. The monoisotopic (exact) mass is 302 g/mol. The van der Waals surface area contributed by atoms with E-state index >= 15 is 0 Å². The Balaban J connectivity index is 1.57. The fourth-order valence-corrected chi connectivity index (χ4v) is 4.22. The second-order valence-corrected chi connectivity index (χ2v) is 7.00. The van der Waals surface area contributed by atoms with Crippen LogP contribution in [-0.4, -0.2) is 13.2 Å². The van der Waals surface area contributed by atoms with Crippen LogP contribution < -0.4 is 0 Å². The SMILES string of the molecule is CCCC1CCCC(CCc2ccccc2C2OCCO2)C1. The van der Waals surface area contributed by atoms with Gasteiger partial charge in [-0.3, -0.25) is 0 Å². The first-order chi connectivity index (χ1) is 10.9. The number of hydrogen-bond donors (Lipinski definition) is 0. The molecule has 2 atom stereocenters. The zero-order valence-electron chi connectivity index (χ0n) is 13.9. The van der Waals surface area contributed by atoms with Crippen LogP contribution in [-0.2, 0) is 15.9 Å². The third-order valence-corrected chi connectivity index (χ3v) is 5.34. The van der Waals surface area contributed by atoms with E-state index in [2.05, 4.69) is 31.2 Å². The highest BCUT2D eigenvalue weighted by Crippen LogP contribution is 2.35. The van der Waals surface area contributed by atoms with Crippen molar-refractivity contribution in [3.8, 4) is 0 Å². The largest absolute Gasteiger partial charge is 0.346 e. The standard InChI is InChI=1S/C20H30O2/c1-2-6-16-7-5-8-17(15-16)11-12-18-9-3-4-10-19(18)20-21-13-14-22-20/h3-4,9-10,16-17,20H,2,5-8,11-15H2,1H3. The average Bonchev–Trinajstić information content (AvgIpc) is 3.08. The number of benzene rings is 1. The first kappa shape index (κ1) is 16.0. The highest BCUT2D eigenvalue weighted by molar-refractivity contribution is 5.28. The first-order valence-electron chi connectivity index (χ1n) is 9.17. The highest BCUT2D eigenvalue weighted by Gasteiger charge is 2.23. The van der Waals surface area contributed by atoms with Crippen LogP contribution in [0.4, 0.5) is 0 Å². The van der Waals surface area contributed by atoms with E-state index in [4.69, 9.17) is 9.47 Å². The molecule has 1 aliphatic heterocycles. The van der Waals surface area contributed by atoms with Crippen LogP contribution >= 0.6 is 0 Å². The minimum Gasteiger partial charge on any atom is -0.346 e. The summed E-state index contributed by atoms with van der Waals surface area (Å²) < 4.78 is 11.4. The fourth-order valence-electron chi connectivity index (χ4n) is 4.22. The Morgan fingerprint density at radius 3 is 2.50 bits per heavy atom. The fraction of sp³-hybridized carbons (Fsp3) is 0.700. The number of ether oxygens (including phenoxy) is 2. The van der Waals surface area contributed by atoms with Crippen LogP contribution in [0.3, 0.4) is 0 Å². The minimum absolute atomic E-state index is 0.129. The van der Waals surface area contributed by atoms with E-state index in [1.807, 2.05) is 0 Å². The number of hydrogen-bond acceptors (Lipinski definition) is 2. The third kappa shape index (κ3) is 4.11. The van der Waals surface area contributed by atoms with Crippen molar-refractivity contribution in [2.24, 2.45) is 11.8 Å². The zero-order valence-corrected chi connectivity index (χ0v) is 13.9. The van der Waals surface area contributed by atoms with E-state index in [1.54, 1.807) is 0 Å². The lowest BCUT2D eigenvalue weighted by molar-refractivity contribution is -0.0447. The maximum absolute atomic E-state index is 5.70. The van der Waals surface area contributed by atoms with Crippen LogP contribution in [0.1, 0.15) is 69.3 Å². The number of rotatable bonds is 6. The van der Waals surface area contributed by atoms with Crippen molar-refractivity contribution in [2.75, 3.05) is 13.2 Å². The van der Waals surface area contributed by atoms with Crippen molar-refractivity contribution in [1.82, 2.24) is 0 Å². The molecular weight excluding hydrogens is 272 g/mol. The van der Waals surface area contributed by atoms with E-state index in [0.717, 1.165) is 25.0 Å². The second-order valence-electron chi connectivity index (χ2n) is 7.00. The smallest absolute Gasteiger partial charge is 0.184 e. The molecule has 2 nitrogen and oxygen atoms in total. The predicted molar refractivity (Wildman–Crippen MR) is 89.8 cm³/mol. The summed E-state index contributed by atoms with van der Waals surface area (Å²) in [5.41, 5.74) is 2.67. The Bertz CT molecular complexity index is 449. The maximum atomic E-state index is 5.70. The van der Waals surface area contributed by atoms with Crippen LogP contribution in [0.5, 0.6) is 0 Å². The maximum Gasteiger partial charge on any atom is 0.184 e. The van der Waals surface area contributed by atoms with Gasteiger partial charge in [-0.25, -0.2) is 0 Å². The quantitative estimate of drug-likeness (QED) is 0.712. The molecule has 0 N–H and O–H groups in total. The summed E-state index contributed by atoms with van der Waals surface area (Å²) in [6, 6.07) is 8.68. The molecule has 0 amide bonds. The van der Waals surface area contributed by atoms with E-state index in [1.165, 1.54) is 62.5 Å². The van der Waals surface area contributed by atoms with E-state index in [-0.39, 0.29) is 6.29 Å². The van der Waals surface area contributed by atoms with Crippen LogP contribution in [0, 0.1) is 11.8 Å². The molecule has 22 heavy (non-hydrogen) atoms. The van der Waals surface area contributed by atoms with E-state index in [0.29, 0.717) is 0 Å². The molecule has 1 aliphatic carbocycles. The van der Waals surface area contributed by atoms with Crippen LogP contribution in [0.2, 0.25) is 0 Å². The molecule has 2 heteroatoms. The molecular formula is C20H30O2. The lowest BCUT2D eigenvalue weighted by Gasteiger charge is -2.29. The van der Waals surface area contributed by atoms with Crippen LogP contribution in [0.25, 0.3) is 0 Å². The molecule has 1 aromatic carbocycles. The zero-order chi connectivity index (χ0) is 15.2. The van der Waals surface area contributed by atoms with Gasteiger partial charge in [0.05, 0.1) is 13.2 Å². The van der Waals surface area contributed by atoms with Gasteiger partial charge in [0.15, 0.2) is 6.29 Å². The highest BCUT2D eigenvalue weighted by atomic mass is 16.7. The Labute approximate surface area is 135 Å². The summed E-state index contributed by atoms with van der Waals surface area (Å²) >= 11 is 0. The van der Waals surface area contributed by atoms with Gasteiger partial charge in [-0.15, -0.1) is 0 Å². The van der Waals surface area contributed by atoms with Gasteiger partial charge in [0.25, 0.3) is 0 Å². The molecule has 3 rings (SSSR count). The lowest BCUT2D eigenvalue weighted by atomic mass is 9.77. The van der Waals surface area contributed by atoms with E-state index < -0.39 is 0 Å². The van der Waals surface area contributed by atoms with Gasteiger partial charge >= 0.3 is 0 Å². The summed E-state index contributed by atoms with van der Waals surface area (Å²) in [4.78, 5) is 0. The topological polar surface area (TPSA) is 18.5 Å². The molecule has 122 valence electrons. The van der Waals surface area contributed by atoms with Crippen LogP contribution in [0.15, 0.2) is 24.3 Å². The Morgan fingerprint density at radius 2 is 1.73 bits per heavy atom. The van der Waals surface area contributed by atoms with Crippen molar-refractivity contribution in [3.63, 3.8) is 0 Å². The van der Waals surface area contributed by atoms with Gasteiger partial charge < -0.3 is 9.47 Å². The average molecular weight is 302 g/mol. The molecule has 1 heterocycles. The number of aryl methyl sites for hydroxylation is 1. The summed E-state index contributed by atoms with van der Waals surface area (Å²) in [5, 5.41) is 0. The summed E-state index contributed by atoms with van der Waals surface area (Å²) in [6.45, 7) is 3.77. The van der Waals surface area contributed by atoms with Crippen molar-refractivity contribution >= 4 is 0 Å². The molecule has 2 unspecified atom stereocenters. The summed E-state index contributed by atoms with van der Waals surface area (Å²) in [5.74, 6) is 1.91. The summed E-state index contributed by atoms with van der Waals surface area (Å²) in [6.07, 6.45) is 10.9. The minimum atomic E-state index is -0.129. The van der Waals surface area contributed by atoms with Crippen molar-refractivity contribution < 1.29 is 9.47 Å².